The van der Waals surface area contributed by atoms with Crippen LogP contribution in [0, 0.1) is 12.7 Å². The molecule has 0 aliphatic carbocycles. The van der Waals surface area contributed by atoms with Gasteiger partial charge in [-0.3, -0.25) is 9.59 Å². The largest absolute Gasteiger partial charge is 0.416 e. The Morgan fingerprint density at radius 3 is 2.08 bits per heavy atom. The number of rotatable bonds is 4. The van der Waals surface area contributed by atoms with Crippen molar-refractivity contribution in [3.8, 4) is 0 Å². The van der Waals surface area contributed by atoms with Gasteiger partial charge in [-0.1, -0.05) is 13.0 Å². The van der Waals surface area contributed by atoms with Crippen LogP contribution in [0.5, 0.6) is 0 Å². The monoisotopic (exact) mass is 518 g/mol. The van der Waals surface area contributed by atoms with E-state index in [1.807, 2.05) is 0 Å². The van der Waals surface area contributed by atoms with Crippen LogP contribution >= 0.6 is 0 Å². The highest BCUT2D eigenvalue weighted by Gasteiger charge is 2.45. The number of Topliss-reactive ketones (excluding diaryl/α,β-unsaturated/α-hetero) is 1. The number of piperidine rings is 1. The van der Waals surface area contributed by atoms with E-state index in [9.17, 15) is 40.3 Å². The van der Waals surface area contributed by atoms with Gasteiger partial charge in [0.15, 0.2) is 0 Å². The maximum atomic E-state index is 13.6. The van der Waals surface area contributed by atoms with E-state index in [0.29, 0.717) is 23.3 Å². The first-order chi connectivity index (χ1) is 16.4. The van der Waals surface area contributed by atoms with Crippen molar-refractivity contribution in [1.29, 1.82) is 0 Å². The van der Waals surface area contributed by atoms with Gasteiger partial charge in [0.05, 0.1) is 22.7 Å². The number of nitrogens with two attached hydrogens (primary N) is 1. The second-order valence-corrected chi connectivity index (χ2v) is 9.35. The van der Waals surface area contributed by atoms with E-state index in [1.165, 1.54) is 36.9 Å². The maximum Gasteiger partial charge on any atom is 0.416 e. The van der Waals surface area contributed by atoms with Crippen molar-refractivity contribution in [2.24, 2.45) is 5.73 Å². The van der Waals surface area contributed by atoms with Crippen LogP contribution < -0.4 is 5.73 Å². The molecule has 196 valence electrons. The van der Waals surface area contributed by atoms with Gasteiger partial charge in [-0.25, -0.2) is 4.39 Å². The zero-order chi connectivity index (χ0) is 27.2. The van der Waals surface area contributed by atoms with Crippen molar-refractivity contribution in [3.05, 3.63) is 70.0 Å². The number of likely N-dealkylation sites (tertiary alicyclic amines) is 1. The van der Waals surface area contributed by atoms with E-state index >= 15 is 0 Å². The lowest BCUT2D eigenvalue weighted by molar-refractivity contribution is -0.144. The Morgan fingerprint density at radius 2 is 1.58 bits per heavy atom. The summed E-state index contributed by atoms with van der Waals surface area (Å²) < 4.78 is 93.8. The molecule has 1 heterocycles. The van der Waals surface area contributed by atoms with Crippen LogP contribution in [0.1, 0.15) is 66.5 Å². The molecule has 4 nitrogen and oxygen atoms in total. The Hall–Kier alpha value is -2.95. The van der Waals surface area contributed by atoms with Gasteiger partial charge in [0, 0.05) is 25.3 Å². The SMILES string of the molecule is Cc1cc(F)ccc1[C@H]1CC(=O)CCN1C(=O)C(C)(N)C(C)c1cc(C(F)(F)F)cc(C(F)(F)F)c1. The minimum atomic E-state index is -5.05. The highest BCUT2D eigenvalue weighted by Crippen LogP contribution is 2.41. The molecule has 2 N–H and O–H groups in total. The van der Waals surface area contributed by atoms with Crippen LogP contribution in [0.2, 0.25) is 0 Å². The number of ketones is 1. The average molecular weight is 518 g/mol. The summed E-state index contributed by atoms with van der Waals surface area (Å²) >= 11 is 0. The molecular weight excluding hydrogens is 493 g/mol. The maximum absolute atomic E-state index is 13.6. The summed E-state index contributed by atoms with van der Waals surface area (Å²) in [5.74, 6) is -2.67. The van der Waals surface area contributed by atoms with Gasteiger partial charge in [-0.2, -0.15) is 26.3 Å². The molecular formula is C25H25F7N2O2. The molecule has 2 unspecified atom stereocenters. The third kappa shape index (κ3) is 5.55. The van der Waals surface area contributed by atoms with Crippen LogP contribution in [-0.2, 0) is 21.9 Å². The number of halogens is 7. The van der Waals surface area contributed by atoms with Gasteiger partial charge >= 0.3 is 12.4 Å². The topological polar surface area (TPSA) is 63.4 Å². The van der Waals surface area contributed by atoms with Gasteiger partial charge < -0.3 is 10.6 Å². The fraction of sp³-hybridized carbons (Fsp3) is 0.440. The lowest BCUT2D eigenvalue weighted by atomic mass is 9.79. The van der Waals surface area contributed by atoms with E-state index in [2.05, 4.69) is 0 Å². The Labute approximate surface area is 203 Å². The van der Waals surface area contributed by atoms with Crippen molar-refractivity contribution in [2.45, 2.75) is 63.5 Å². The van der Waals surface area contributed by atoms with Gasteiger partial charge in [-0.15, -0.1) is 0 Å². The third-order valence-corrected chi connectivity index (χ3v) is 6.75. The second kappa shape index (κ2) is 9.49. The first kappa shape index (κ1) is 27.6. The number of amides is 1. The Bertz CT molecular complexity index is 1140. The summed E-state index contributed by atoms with van der Waals surface area (Å²) in [6, 6.07) is 4.17. The molecule has 36 heavy (non-hydrogen) atoms. The molecule has 2 aromatic rings. The van der Waals surface area contributed by atoms with E-state index in [-0.39, 0.29) is 31.2 Å². The predicted molar refractivity (Wildman–Crippen MR) is 117 cm³/mol. The van der Waals surface area contributed by atoms with Gasteiger partial charge in [0.2, 0.25) is 5.91 Å². The minimum Gasteiger partial charge on any atom is -0.333 e. The lowest BCUT2D eigenvalue weighted by Gasteiger charge is -2.42. The van der Waals surface area contributed by atoms with Crippen molar-refractivity contribution < 1.29 is 40.3 Å². The lowest BCUT2D eigenvalue weighted by Crippen LogP contribution is -2.58. The second-order valence-electron chi connectivity index (χ2n) is 9.35. The van der Waals surface area contributed by atoms with Crippen molar-refractivity contribution in [3.63, 3.8) is 0 Å². The first-order valence-electron chi connectivity index (χ1n) is 11.1. The van der Waals surface area contributed by atoms with Gasteiger partial charge in [0.25, 0.3) is 0 Å². The van der Waals surface area contributed by atoms with Crippen molar-refractivity contribution >= 4 is 11.7 Å². The fourth-order valence-corrected chi connectivity index (χ4v) is 4.43. The van der Waals surface area contributed by atoms with Gasteiger partial charge in [-0.05, 0) is 60.9 Å². The van der Waals surface area contributed by atoms with Crippen LogP contribution in [-0.4, -0.2) is 28.7 Å². The zero-order valence-corrected chi connectivity index (χ0v) is 19.7. The summed E-state index contributed by atoms with van der Waals surface area (Å²) in [4.78, 5) is 27.1. The van der Waals surface area contributed by atoms with Crippen LogP contribution in [0.25, 0.3) is 0 Å². The zero-order valence-electron chi connectivity index (χ0n) is 19.7. The summed E-state index contributed by atoms with van der Waals surface area (Å²) in [7, 11) is 0. The van der Waals surface area contributed by atoms with E-state index in [4.69, 9.17) is 5.73 Å². The Balaban J connectivity index is 2.03. The molecule has 1 fully saturated rings. The summed E-state index contributed by atoms with van der Waals surface area (Å²) in [5.41, 5.74) is 1.95. The minimum absolute atomic E-state index is 0.00865. The first-order valence-corrected chi connectivity index (χ1v) is 11.1. The molecule has 1 saturated heterocycles. The molecule has 2 aromatic carbocycles. The number of hydrogen-bond acceptors (Lipinski definition) is 3. The van der Waals surface area contributed by atoms with Crippen molar-refractivity contribution in [2.75, 3.05) is 6.54 Å². The van der Waals surface area contributed by atoms with Crippen molar-refractivity contribution in [1.82, 2.24) is 4.90 Å². The number of benzene rings is 2. The number of carbonyl (C=O) groups excluding carboxylic acids is 2. The number of alkyl halides is 6. The molecule has 0 radical (unpaired) electrons. The molecule has 0 aromatic heterocycles. The molecule has 0 spiro atoms. The molecule has 1 aliphatic rings. The number of carbonyl (C=O) groups is 2. The standard InChI is InChI=1S/C25H25F7N2O2/c1-13-8-18(26)4-5-20(13)21-12-19(35)6-7-34(21)22(36)23(3,33)14(2)15-9-16(24(27,28)29)11-17(10-15)25(30,31)32/h4-5,8-11,14,21H,6-7,12,33H2,1-3H3/t14?,21-,23?/m1/s1. The van der Waals surface area contributed by atoms with E-state index in [0.717, 1.165) is 0 Å². The van der Waals surface area contributed by atoms with Crippen LogP contribution in [0.3, 0.4) is 0 Å². The number of aryl methyl sites for hydroxylation is 1. The van der Waals surface area contributed by atoms with Crippen LogP contribution in [0.15, 0.2) is 36.4 Å². The molecule has 1 aliphatic heterocycles. The number of hydrogen-bond donors (Lipinski definition) is 1. The molecule has 0 bridgehead atoms. The average Bonchev–Trinajstić information content (AvgIpc) is 2.76. The normalized spacial score (nSPS) is 19.7. The number of nitrogens with zero attached hydrogens (tertiary/aromatic N) is 1. The fourth-order valence-electron chi connectivity index (χ4n) is 4.43. The summed E-state index contributed by atoms with van der Waals surface area (Å²) in [5, 5.41) is 0. The Morgan fingerprint density at radius 1 is 1.03 bits per heavy atom. The highest BCUT2D eigenvalue weighted by atomic mass is 19.4. The summed E-state index contributed by atoms with van der Waals surface area (Å²) in [6.07, 6.45) is -10.2. The molecule has 0 saturated carbocycles. The van der Waals surface area contributed by atoms with E-state index in [1.54, 1.807) is 6.92 Å². The quantitative estimate of drug-likeness (QED) is 0.511. The molecule has 11 heteroatoms. The van der Waals surface area contributed by atoms with Crippen LogP contribution in [0.4, 0.5) is 30.7 Å². The Kier molecular flexibility index (Phi) is 7.29. The van der Waals surface area contributed by atoms with E-state index < -0.39 is 58.3 Å². The molecule has 3 atom stereocenters. The molecule has 1 amide bonds. The predicted octanol–water partition coefficient (Wildman–Crippen LogP) is 5.93. The summed E-state index contributed by atoms with van der Waals surface area (Å²) in [6.45, 7) is 4.07. The third-order valence-electron chi connectivity index (χ3n) is 6.75. The smallest absolute Gasteiger partial charge is 0.333 e. The highest BCUT2D eigenvalue weighted by molar-refractivity contribution is 5.90. The molecule has 3 rings (SSSR count). The van der Waals surface area contributed by atoms with Gasteiger partial charge in [0.1, 0.15) is 11.6 Å².